The van der Waals surface area contributed by atoms with Gasteiger partial charge in [-0.05, 0) is 38.1 Å². The third kappa shape index (κ3) is 3.97. The SMILES string of the molecule is CNCC1CCN(C(=O)c2ccn(-c3ccccc3[N+](=O)[O-])n2)C1.Cl. The summed E-state index contributed by atoms with van der Waals surface area (Å²) in [6.07, 6.45) is 2.55. The Bertz CT molecular complexity index is 764. The number of carbonyl (C=O) groups is 1. The van der Waals surface area contributed by atoms with Gasteiger partial charge in [-0.1, -0.05) is 12.1 Å². The van der Waals surface area contributed by atoms with Crippen LogP contribution >= 0.6 is 12.4 Å². The van der Waals surface area contributed by atoms with Crippen LogP contribution in [0.4, 0.5) is 5.69 Å². The Morgan fingerprint density at radius 3 is 2.88 bits per heavy atom. The average molecular weight is 366 g/mol. The lowest BCUT2D eigenvalue weighted by Crippen LogP contribution is -2.30. The fourth-order valence-corrected chi connectivity index (χ4v) is 3.02. The highest BCUT2D eigenvalue weighted by molar-refractivity contribution is 5.92. The third-order valence-corrected chi connectivity index (χ3v) is 4.20. The Morgan fingerprint density at radius 1 is 1.40 bits per heavy atom. The molecule has 1 unspecified atom stereocenters. The van der Waals surface area contributed by atoms with Gasteiger partial charge in [0.1, 0.15) is 5.69 Å². The summed E-state index contributed by atoms with van der Waals surface area (Å²) in [6, 6.07) is 7.93. The highest BCUT2D eigenvalue weighted by Gasteiger charge is 2.28. The number of likely N-dealkylation sites (tertiary alicyclic amines) is 1. The van der Waals surface area contributed by atoms with Crippen LogP contribution < -0.4 is 5.32 Å². The van der Waals surface area contributed by atoms with Gasteiger partial charge < -0.3 is 10.2 Å². The maximum Gasteiger partial charge on any atom is 0.294 e. The van der Waals surface area contributed by atoms with E-state index in [4.69, 9.17) is 0 Å². The molecule has 0 radical (unpaired) electrons. The van der Waals surface area contributed by atoms with Gasteiger partial charge in [0.2, 0.25) is 0 Å². The highest BCUT2D eigenvalue weighted by Crippen LogP contribution is 2.22. The number of nitro groups is 1. The van der Waals surface area contributed by atoms with Crippen LogP contribution in [-0.2, 0) is 0 Å². The standard InChI is InChI=1S/C16H19N5O3.ClH/c1-17-10-12-6-8-19(11-12)16(22)13-7-9-20(18-13)14-4-2-3-5-15(14)21(23)24;/h2-5,7,9,12,17H,6,8,10-11H2,1H3;1H. The Balaban J connectivity index is 0.00000225. The van der Waals surface area contributed by atoms with E-state index in [1.54, 1.807) is 35.4 Å². The number of amides is 1. The first kappa shape index (κ1) is 18.9. The fraction of sp³-hybridized carbons (Fsp3) is 0.375. The van der Waals surface area contributed by atoms with E-state index in [-0.39, 0.29) is 24.0 Å². The van der Waals surface area contributed by atoms with Crippen molar-refractivity contribution in [1.29, 1.82) is 0 Å². The molecule has 2 heterocycles. The van der Waals surface area contributed by atoms with E-state index in [2.05, 4.69) is 10.4 Å². The summed E-state index contributed by atoms with van der Waals surface area (Å²) in [5, 5.41) is 18.5. The second kappa shape index (κ2) is 8.09. The van der Waals surface area contributed by atoms with Crippen molar-refractivity contribution in [2.75, 3.05) is 26.7 Å². The molecule has 1 aromatic carbocycles. The molecule has 25 heavy (non-hydrogen) atoms. The van der Waals surface area contributed by atoms with Crippen molar-refractivity contribution < 1.29 is 9.72 Å². The van der Waals surface area contributed by atoms with E-state index in [0.717, 1.165) is 13.0 Å². The van der Waals surface area contributed by atoms with Gasteiger partial charge in [0, 0.05) is 25.4 Å². The maximum absolute atomic E-state index is 12.6. The summed E-state index contributed by atoms with van der Waals surface area (Å²) >= 11 is 0. The number of hydrogen-bond donors (Lipinski definition) is 1. The molecule has 1 aliphatic heterocycles. The van der Waals surface area contributed by atoms with Gasteiger partial charge in [-0.3, -0.25) is 14.9 Å². The zero-order valence-electron chi connectivity index (χ0n) is 13.8. The molecule has 8 nitrogen and oxygen atoms in total. The average Bonchev–Trinajstić information content (AvgIpc) is 3.24. The normalized spacial score (nSPS) is 16.5. The first-order valence-electron chi connectivity index (χ1n) is 7.83. The van der Waals surface area contributed by atoms with E-state index >= 15 is 0 Å². The van der Waals surface area contributed by atoms with Crippen molar-refractivity contribution in [3.8, 4) is 5.69 Å². The Hall–Kier alpha value is -2.45. The van der Waals surface area contributed by atoms with Crippen LogP contribution in [0.2, 0.25) is 0 Å². The van der Waals surface area contributed by atoms with Crippen molar-refractivity contribution in [1.82, 2.24) is 20.0 Å². The lowest BCUT2D eigenvalue weighted by Gasteiger charge is -2.15. The van der Waals surface area contributed by atoms with Crippen LogP contribution in [0.15, 0.2) is 36.5 Å². The molecule has 1 saturated heterocycles. The molecular weight excluding hydrogens is 346 g/mol. The summed E-state index contributed by atoms with van der Waals surface area (Å²) in [6.45, 7) is 2.30. The first-order valence-corrected chi connectivity index (χ1v) is 7.83. The summed E-state index contributed by atoms with van der Waals surface area (Å²) in [5.41, 5.74) is 0.601. The van der Waals surface area contributed by atoms with Gasteiger partial charge in [0.15, 0.2) is 5.69 Å². The van der Waals surface area contributed by atoms with Crippen LogP contribution in [0.1, 0.15) is 16.9 Å². The van der Waals surface area contributed by atoms with Crippen molar-refractivity contribution in [2.24, 2.45) is 5.92 Å². The fourth-order valence-electron chi connectivity index (χ4n) is 3.02. The van der Waals surface area contributed by atoms with Crippen molar-refractivity contribution in [2.45, 2.75) is 6.42 Å². The topological polar surface area (TPSA) is 93.3 Å². The van der Waals surface area contributed by atoms with Crippen LogP contribution in [-0.4, -0.2) is 52.2 Å². The summed E-state index contributed by atoms with van der Waals surface area (Å²) < 4.78 is 1.38. The van der Waals surface area contributed by atoms with Crippen molar-refractivity contribution in [3.05, 3.63) is 52.3 Å². The van der Waals surface area contributed by atoms with E-state index in [9.17, 15) is 14.9 Å². The minimum atomic E-state index is -0.457. The minimum Gasteiger partial charge on any atom is -0.337 e. The molecule has 0 bridgehead atoms. The van der Waals surface area contributed by atoms with Gasteiger partial charge in [-0.15, -0.1) is 12.4 Å². The number of benzene rings is 1. The number of rotatable bonds is 5. The van der Waals surface area contributed by atoms with Gasteiger partial charge in [-0.25, -0.2) is 4.68 Å². The lowest BCUT2D eigenvalue weighted by atomic mass is 10.1. The van der Waals surface area contributed by atoms with Gasteiger partial charge in [0.25, 0.3) is 11.6 Å². The van der Waals surface area contributed by atoms with Gasteiger partial charge in [-0.2, -0.15) is 5.10 Å². The van der Waals surface area contributed by atoms with Crippen LogP contribution in [0.25, 0.3) is 5.69 Å². The van der Waals surface area contributed by atoms with Gasteiger partial charge in [0.05, 0.1) is 4.92 Å². The monoisotopic (exact) mass is 365 g/mol. The molecule has 9 heteroatoms. The van der Waals surface area contributed by atoms with E-state index < -0.39 is 4.92 Å². The number of para-hydroxylation sites is 2. The maximum atomic E-state index is 12.6. The molecule has 0 spiro atoms. The van der Waals surface area contributed by atoms with Crippen LogP contribution in [0.3, 0.4) is 0 Å². The lowest BCUT2D eigenvalue weighted by molar-refractivity contribution is -0.384. The van der Waals surface area contributed by atoms with E-state index in [1.807, 2.05) is 7.05 Å². The molecule has 1 aromatic heterocycles. The molecule has 3 rings (SSSR count). The molecule has 2 aromatic rings. The molecule has 1 aliphatic rings. The number of hydrogen-bond acceptors (Lipinski definition) is 5. The second-order valence-corrected chi connectivity index (χ2v) is 5.85. The summed E-state index contributed by atoms with van der Waals surface area (Å²) in [7, 11) is 1.90. The zero-order valence-corrected chi connectivity index (χ0v) is 14.6. The number of nitro benzene ring substituents is 1. The Kier molecular flexibility index (Phi) is 6.11. The molecule has 0 saturated carbocycles. The summed E-state index contributed by atoms with van der Waals surface area (Å²) in [5.74, 6) is 0.321. The predicted octanol–water partition coefficient (Wildman–Crippen LogP) is 1.88. The van der Waals surface area contributed by atoms with Gasteiger partial charge >= 0.3 is 0 Å². The largest absolute Gasteiger partial charge is 0.337 e. The molecule has 1 N–H and O–H groups in total. The molecule has 1 atom stereocenters. The quantitative estimate of drug-likeness (QED) is 0.645. The zero-order chi connectivity index (χ0) is 17.1. The number of nitrogens with zero attached hydrogens (tertiary/aromatic N) is 4. The number of nitrogens with one attached hydrogen (secondary N) is 1. The minimum absolute atomic E-state index is 0. The van der Waals surface area contributed by atoms with Crippen LogP contribution in [0.5, 0.6) is 0 Å². The molecule has 1 fully saturated rings. The third-order valence-electron chi connectivity index (χ3n) is 4.20. The number of carbonyl (C=O) groups excluding carboxylic acids is 1. The number of halogens is 1. The molecular formula is C16H20ClN5O3. The highest BCUT2D eigenvalue weighted by atomic mass is 35.5. The Labute approximate surface area is 151 Å². The molecule has 1 amide bonds. The smallest absolute Gasteiger partial charge is 0.294 e. The second-order valence-electron chi connectivity index (χ2n) is 5.85. The molecule has 0 aliphatic carbocycles. The van der Waals surface area contributed by atoms with Crippen molar-refractivity contribution in [3.63, 3.8) is 0 Å². The van der Waals surface area contributed by atoms with Crippen LogP contribution in [0, 0.1) is 16.0 Å². The summed E-state index contributed by atoms with van der Waals surface area (Å²) in [4.78, 5) is 25.0. The van der Waals surface area contributed by atoms with E-state index in [1.165, 1.54) is 10.7 Å². The predicted molar refractivity (Wildman–Crippen MR) is 95.4 cm³/mol. The first-order chi connectivity index (χ1) is 11.6. The van der Waals surface area contributed by atoms with Crippen molar-refractivity contribution >= 4 is 24.0 Å². The van der Waals surface area contributed by atoms with E-state index in [0.29, 0.717) is 30.4 Å². The Morgan fingerprint density at radius 2 is 2.16 bits per heavy atom. The molecule has 134 valence electrons. The number of aromatic nitrogens is 2.